The maximum absolute atomic E-state index is 13.3. The first-order valence-corrected chi connectivity index (χ1v) is 11.0. The average molecular weight is 428 g/mol. The number of imidazole rings is 1. The monoisotopic (exact) mass is 427 g/mol. The van der Waals surface area contributed by atoms with Crippen LogP contribution in [-0.4, -0.2) is 14.6 Å². The Morgan fingerprint density at radius 1 is 1.10 bits per heavy atom. The molecule has 0 aliphatic carbocycles. The molecule has 0 unspecified atom stereocenters. The van der Waals surface area contributed by atoms with Crippen LogP contribution in [0.1, 0.15) is 49.6 Å². The zero-order chi connectivity index (χ0) is 20.7. The molecule has 6 heteroatoms. The van der Waals surface area contributed by atoms with Crippen molar-refractivity contribution >= 4 is 28.6 Å². The Morgan fingerprint density at radius 3 is 2.45 bits per heavy atom. The molecule has 29 heavy (non-hydrogen) atoms. The Bertz CT molecular complexity index is 1170. The molecule has 0 saturated heterocycles. The van der Waals surface area contributed by atoms with E-state index in [9.17, 15) is 4.39 Å². The van der Waals surface area contributed by atoms with Crippen molar-refractivity contribution in [1.29, 1.82) is 0 Å². The molecule has 0 saturated carbocycles. The van der Waals surface area contributed by atoms with Gasteiger partial charge in [0.05, 0.1) is 21.3 Å². The highest BCUT2D eigenvalue weighted by atomic mass is 35.5. The summed E-state index contributed by atoms with van der Waals surface area (Å²) < 4.78 is 15.2. The van der Waals surface area contributed by atoms with Gasteiger partial charge in [-0.1, -0.05) is 37.6 Å². The zero-order valence-corrected chi connectivity index (χ0v) is 18.5. The van der Waals surface area contributed by atoms with E-state index in [-0.39, 0.29) is 5.82 Å². The van der Waals surface area contributed by atoms with Gasteiger partial charge in [0.1, 0.15) is 11.5 Å². The Kier molecular flexibility index (Phi) is 5.45. The van der Waals surface area contributed by atoms with Gasteiger partial charge < -0.3 is 0 Å². The van der Waals surface area contributed by atoms with E-state index in [0.717, 1.165) is 50.9 Å². The lowest BCUT2D eigenvalue weighted by Gasteiger charge is -2.14. The number of aryl methyl sites for hydroxylation is 2. The molecule has 0 atom stereocenters. The Morgan fingerprint density at radius 2 is 1.79 bits per heavy atom. The lowest BCUT2D eigenvalue weighted by Crippen LogP contribution is -2.04. The number of hydrogen-bond acceptors (Lipinski definition) is 3. The number of fused-ring (bicyclic) bond motifs is 1. The van der Waals surface area contributed by atoms with Crippen molar-refractivity contribution in [2.45, 2.75) is 46.5 Å². The van der Waals surface area contributed by atoms with Crippen LogP contribution in [0.2, 0.25) is 5.02 Å². The van der Waals surface area contributed by atoms with Crippen molar-refractivity contribution in [3.05, 3.63) is 64.2 Å². The van der Waals surface area contributed by atoms with E-state index in [0.29, 0.717) is 10.9 Å². The molecule has 0 fully saturated rings. The summed E-state index contributed by atoms with van der Waals surface area (Å²) in [6.07, 6.45) is 2.12. The Hall–Kier alpha value is -2.24. The second kappa shape index (κ2) is 7.88. The summed E-state index contributed by atoms with van der Waals surface area (Å²) in [5, 5.41) is 5.43. The molecule has 0 aliphatic heterocycles. The van der Waals surface area contributed by atoms with Gasteiger partial charge >= 0.3 is 0 Å². The lowest BCUT2D eigenvalue weighted by molar-refractivity contribution is 0.628. The van der Waals surface area contributed by atoms with Gasteiger partial charge in [0.2, 0.25) is 0 Å². The third kappa shape index (κ3) is 3.58. The first kappa shape index (κ1) is 20.0. The highest BCUT2D eigenvalue weighted by molar-refractivity contribution is 7.19. The number of aromatic nitrogens is 3. The highest BCUT2D eigenvalue weighted by Crippen LogP contribution is 2.42. The minimum absolute atomic E-state index is 0.247. The molecule has 0 bridgehead atoms. The number of benzene rings is 1. The summed E-state index contributed by atoms with van der Waals surface area (Å²) in [5.74, 6) is 0.199. The summed E-state index contributed by atoms with van der Waals surface area (Å²) in [6, 6.07) is 10.6. The number of nitrogens with zero attached hydrogens (tertiary/aromatic N) is 3. The molecule has 3 nitrogen and oxygen atoms in total. The predicted molar refractivity (Wildman–Crippen MR) is 120 cm³/mol. The van der Waals surface area contributed by atoms with E-state index < -0.39 is 0 Å². The van der Waals surface area contributed by atoms with Crippen LogP contribution in [0.4, 0.5) is 4.39 Å². The lowest BCUT2D eigenvalue weighted by atomic mass is 9.95. The van der Waals surface area contributed by atoms with Gasteiger partial charge in [-0.15, -0.1) is 11.3 Å². The minimum atomic E-state index is -0.247. The molecule has 150 valence electrons. The van der Waals surface area contributed by atoms with Crippen LogP contribution in [-0.2, 0) is 0 Å². The van der Waals surface area contributed by atoms with Crippen molar-refractivity contribution in [3.8, 4) is 21.0 Å². The molecule has 4 aromatic rings. The maximum atomic E-state index is 13.3. The van der Waals surface area contributed by atoms with Gasteiger partial charge in [-0.3, -0.25) is 0 Å². The van der Waals surface area contributed by atoms with Crippen molar-refractivity contribution in [1.82, 2.24) is 14.6 Å². The van der Waals surface area contributed by atoms with E-state index >= 15 is 0 Å². The standard InChI is InChI=1S/C23H23ClFN3S/c1-5-15(6-2)18-11-13(3)27-28-21(14(4)26-23(18)28)22-19(24)12-20(29-22)16-7-9-17(25)10-8-16/h7-12,15H,5-6H2,1-4H3. The van der Waals surface area contributed by atoms with Gasteiger partial charge in [-0.05, 0) is 62.4 Å². The van der Waals surface area contributed by atoms with Crippen LogP contribution in [0.15, 0.2) is 36.4 Å². The molecule has 0 aliphatic rings. The smallest absolute Gasteiger partial charge is 0.158 e. The number of thiophene rings is 1. The van der Waals surface area contributed by atoms with Gasteiger partial charge in [0.15, 0.2) is 5.65 Å². The van der Waals surface area contributed by atoms with E-state index in [4.69, 9.17) is 21.7 Å². The summed E-state index contributed by atoms with van der Waals surface area (Å²) in [5.41, 5.74) is 5.89. The van der Waals surface area contributed by atoms with Crippen molar-refractivity contribution in [3.63, 3.8) is 0 Å². The van der Waals surface area contributed by atoms with E-state index in [2.05, 4.69) is 19.9 Å². The molecular weight excluding hydrogens is 405 g/mol. The third-order valence-electron chi connectivity index (χ3n) is 5.37. The van der Waals surface area contributed by atoms with Gasteiger partial charge in [-0.2, -0.15) is 5.10 Å². The number of halogens is 2. The van der Waals surface area contributed by atoms with Crippen LogP contribution < -0.4 is 0 Å². The first-order valence-electron chi connectivity index (χ1n) is 9.85. The van der Waals surface area contributed by atoms with Crippen LogP contribution in [0.5, 0.6) is 0 Å². The largest absolute Gasteiger partial charge is 0.231 e. The maximum Gasteiger partial charge on any atom is 0.158 e. The molecular formula is C23H23ClFN3S. The molecule has 0 spiro atoms. The molecule has 0 N–H and O–H groups in total. The Balaban J connectivity index is 1.91. The summed E-state index contributed by atoms with van der Waals surface area (Å²) >= 11 is 8.24. The van der Waals surface area contributed by atoms with Crippen LogP contribution in [0.25, 0.3) is 26.7 Å². The first-order chi connectivity index (χ1) is 13.9. The quantitative estimate of drug-likeness (QED) is 0.331. The van der Waals surface area contributed by atoms with Crippen LogP contribution in [0, 0.1) is 19.7 Å². The second-order valence-electron chi connectivity index (χ2n) is 7.33. The van der Waals surface area contributed by atoms with E-state index in [1.54, 1.807) is 23.5 Å². The van der Waals surface area contributed by atoms with Gasteiger partial charge in [0, 0.05) is 10.4 Å². The molecule has 0 amide bonds. The fraction of sp³-hybridized carbons (Fsp3) is 0.304. The molecule has 1 aromatic carbocycles. The fourth-order valence-corrected chi connectivity index (χ4v) is 5.37. The Labute approximate surface area is 179 Å². The predicted octanol–water partition coefficient (Wildman–Crippen LogP) is 7.44. The third-order valence-corrected chi connectivity index (χ3v) is 6.97. The van der Waals surface area contributed by atoms with Crippen LogP contribution >= 0.6 is 22.9 Å². The molecule has 0 radical (unpaired) electrons. The molecule has 3 aromatic heterocycles. The van der Waals surface area contributed by atoms with Crippen molar-refractivity contribution < 1.29 is 4.39 Å². The van der Waals surface area contributed by atoms with E-state index in [1.165, 1.54) is 17.7 Å². The topological polar surface area (TPSA) is 30.2 Å². The normalized spacial score (nSPS) is 11.7. The molecule has 4 rings (SSSR count). The van der Waals surface area contributed by atoms with Crippen molar-refractivity contribution in [2.75, 3.05) is 0 Å². The van der Waals surface area contributed by atoms with Gasteiger partial charge in [-0.25, -0.2) is 13.9 Å². The fourth-order valence-electron chi connectivity index (χ4n) is 3.85. The molecule has 3 heterocycles. The van der Waals surface area contributed by atoms with E-state index in [1.807, 2.05) is 24.4 Å². The number of hydrogen-bond donors (Lipinski definition) is 0. The minimum Gasteiger partial charge on any atom is -0.231 e. The van der Waals surface area contributed by atoms with Crippen molar-refractivity contribution in [2.24, 2.45) is 0 Å². The summed E-state index contributed by atoms with van der Waals surface area (Å²) in [7, 11) is 0. The summed E-state index contributed by atoms with van der Waals surface area (Å²) in [4.78, 5) is 6.81. The SMILES string of the molecule is CCC(CC)c1cc(C)nn2c(-c3sc(-c4ccc(F)cc4)cc3Cl)c(C)nc12. The average Bonchev–Trinajstić information content (AvgIpc) is 3.22. The highest BCUT2D eigenvalue weighted by Gasteiger charge is 2.22. The second-order valence-corrected chi connectivity index (χ2v) is 8.79. The van der Waals surface area contributed by atoms with Crippen LogP contribution in [0.3, 0.4) is 0 Å². The van der Waals surface area contributed by atoms with Gasteiger partial charge in [0.25, 0.3) is 0 Å². The number of rotatable bonds is 5. The summed E-state index contributed by atoms with van der Waals surface area (Å²) in [6.45, 7) is 8.44. The zero-order valence-electron chi connectivity index (χ0n) is 17.0.